The number of ether oxygens (including phenoxy) is 1. The van der Waals surface area contributed by atoms with Crippen LogP contribution in [-0.4, -0.2) is 59.9 Å². The van der Waals surface area contributed by atoms with Gasteiger partial charge in [-0.05, 0) is 31.2 Å². The second-order valence-corrected chi connectivity index (χ2v) is 8.01. The summed E-state index contributed by atoms with van der Waals surface area (Å²) in [5, 5.41) is 7.39. The SMILES string of the molecule is CCOc1ccccc1NC(=O)CN1CCN(c2cnn(-c3ccccc3)c(=O)c2Cl)CC1. The molecule has 1 fully saturated rings. The van der Waals surface area contributed by atoms with Crippen molar-refractivity contribution in [3.05, 3.63) is 76.2 Å². The Labute approximate surface area is 197 Å². The van der Waals surface area contributed by atoms with Gasteiger partial charge in [0.2, 0.25) is 5.91 Å². The maximum absolute atomic E-state index is 12.8. The standard InChI is InChI=1S/C24H26ClN5O3/c1-2-33-21-11-7-6-10-19(21)27-22(31)17-28-12-14-29(15-13-28)20-16-26-30(24(32)23(20)25)18-8-4-3-5-9-18/h3-11,16H,2,12-15,17H2,1H3,(H,27,31). The molecule has 4 rings (SSSR count). The van der Waals surface area contributed by atoms with Crippen molar-refractivity contribution in [2.24, 2.45) is 0 Å². The molecule has 1 aromatic heterocycles. The summed E-state index contributed by atoms with van der Waals surface area (Å²) in [7, 11) is 0. The number of carbonyl (C=O) groups excluding carboxylic acids is 1. The summed E-state index contributed by atoms with van der Waals surface area (Å²) in [5.41, 5.74) is 1.59. The predicted octanol–water partition coefficient (Wildman–Crippen LogP) is 3.05. The first-order valence-corrected chi connectivity index (χ1v) is 11.3. The first-order valence-electron chi connectivity index (χ1n) is 10.9. The van der Waals surface area contributed by atoms with Crippen LogP contribution in [-0.2, 0) is 4.79 Å². The van der Waals surface area contributed by atoms with Crippen LogP contribution in [0.25, 0.3) is 5.69 Å². The highest BCUT2D eigenvalue weighted by Gasteiger charge is 2.23. The van der Waals surface area contributed by atoms with Crippen LogP contribution in [0.2, 0.25) is 5.02 Å². The molecule has 8 nitrogen and oxygen atoms in total. The third-order valence-electron chi connectivity index (χ3n) is 5.44. The van der Waals surface area contributed by atoms with Gasteiger partial charge in [0.25, 0.3) is 5.56 Å². The summed E-state index contributed by atoms with van der Waals surface area (Å²) in [6, 6.07) is 16.6. The van der Waals surface area contributed by atoms with Gasteiger partial charge >= 0.3 is 0 Å². The molecule has 0 atom stereocenters. The third kappa shape index (κ3) is 5.35. The summed E-state index contributed by atoms with van der Waals surface area (Å²) in [6.07, 6.45) is 1.63. The smallest absolute Gasteiger partial charge is 0.292 e. The van der Waals surface area contributed by atoms with Gasteiger partial charge < -0.3 is 15.0 Å². The van der Waals surface area contributed by atoms with E-state index in [1.54, 1.807) is 18.3 Å². The number of halogens is 1. The molecule has 1 N–H and O–H groups in total. The first kappa shape index (κ1) is 22.8. The highest BCUT2D eigenvalue weighted by atomic mass is 35.5. The van der Waals surface area contributed by atoms with Crippen LogP contribution in [0.1, 0.15) is 6.92 Å². The van der Waals surface area contributed by atoms with Crippen molar-refractivity contribution < 1.29 is 9.53 Å². The maximum Gasteiger partial charge on any atom is 0.292 e. The van der Waals surface area contributed by atoms with Crippen LogP contribution in [0.5, 0.6) is 5.75 Å². The molecule has 9 heteroatoms. The van der Waals surface area contributed by atoms with Crippen molar-refractivity contribution in [1.29, 1.82) is 0 Å². The van der Waals surface area contributed by atoms with E-state index in [1.807, 2.05) is 54.3 Å². The Bertz CT molecular complexity index is 1160. The molecule has 0 aliphatic carbocycles. The van der Waals surface area contributed by atoms with Gasteiger partial charge in [-0.15, -0.1) is 0 Å². The zero-order valence-corrected chi connectivity index (χ0v) is 19.2. The highest BCUT2D eigenvalue weighted by Crippen LogP contribution is 2.25. The summed E-state index contributed by atoms with van der Waals surface area (Å²) in [6.45, 7) is 5.32. The van der Waals surface area contributed by atoms with Crippen molar-refractivity contribution in [3.63, 3.8) is 0 Å². The van der Waals surface area contributed by atoms with Gasteiger partial charge in [-0.2, -0.15) is 9.78 Å². The van der Waals surface area contributed by atoms with E-state index in [2.05, 4.69) is 15.3 Å². The minimum Gasteiger partial charge on any atom is -0.492 e. The van der Waals surface area contributed by atoms with Crippen molar-refractivity contribution in [2.75, 3.05) is 49.5 Å². The molecule has 1 aliphatic rings. The predicted molar refractivity (Wildman–Crippen MR) is 130 cm³/mol. The number of nitrogens with one attached hydrogen (secondary N) is 1. The van der Waals surface area contributed by atoms with Gasteiger partial charge in [-0.1, -0.05) is 41.9 Å². The number of amides is 1. The number of aromatic nitrogens is 2. The number of hydrogen-bond acceptors (Lipinski definition) is 6. The lowest BCUT2D eigenvalue weighted by molar-refractivity contribution is -0.117. The van der Waals surface area contributed by atoms with E-state index in [9.17, 15) is 9.59 Å². The molecule has 1 amide bonds. The molecule has 0 unspecified atom stereocenters. The Balaban J connectivity index is 1.36. The lowest BCUT2D eigenvalue weighted by Crippen LogP contribution is -2.49. The lowest BCUT2D eigenvalue weighted by Gasteiger charge is -2.35. The quantitative estimate of drug-likeness (QED) is 0.575. The monoisotopic (exact) mass is 467 g/mol. The van der Waals surface area contributed by atoms with Crippen LogP contribution in [0, 0.1) is 0 Å². The Hall–Kier alpha value is -3.36. The molecule has 1 saturated heterocycles. The average molecular weight is 468 g/mol. The van der Waals surface area contributed by atoms with E-state index in [0.29, 0.717) is 55.6 Å². The van der Waals surface area contributed by atoms with E-state index in [4.69, 9.17) is 16.3 Å². The van der Waals surface area contributed by atoms with E-state index >= 15 is 0 Å². The number of piperazine rings is 1. The number of benzene rings is 2. The van der Waals surface area contributed by atoms with Gasteiger partial charge in [-0.25, -0.2) is 0 Å². The van der Waals surface area contributed by atoms with Crippen LogP contribution in [0.4, 0.5) is 11.4 Å². The van der Waals surface area contributed by atoms with E-state index in [1.165, 1.54) is 4.68 Å². The number of carbonyl (C=O) groups is 1. The summed E-state index contributed by atoms with van der Waals surface area (Å²) in [5.74, 6) is 0.561. The van der Waals surface area contributed by atoms with Gasteiger partial charge in [0.1, 0.15) is 10.8 Å². The van der Waals surface area contributed by atoms with Crippen LogP contribution < -0.4 is 20.5 Å². The fourth-order valence-electron chi connectivity index (χ4n) is 3.79. The molecule has 2 aromatic carbocycles. The number of rotatable bonds is 7. The van der Waals surface area contributed by atoms with Gasteiger partial charge in [-0.3, -0.25) is 14.5 Å². The molecule has 2 heterocycles. The molecule has 1 aliphatic heterocycles. The van der Waals surface area contributed by atoms with Gasteiger partial charge in [0.05, 0.1) is 36.4 Å². The number of nitrogens with zero attached hydrogens (tertiary/aromatic N) is 4. The lowest BCUT2D eigenvalue weighted by atomic mass is 10.2. The minimum atomic E-state index is -0.352. The van der Waals surface area contributed by atoms with E-state index in [-0.39, 0.29) is 23.0 Å². The zero-order valence-electron chi connectivity index (χ0n) is 18.4. The third-order valence-corrected chi connectivity index (χ3v) is 5.80. The molecular weight excluding hydrogens is 442 g/mol. The van der Waals surface area contributed by atoms with E-state index < -0.39 is 0 Å². The van der Waals surface area contributed by atoms with Gasteiger partial charge in [0.15, 0.2) is 0 Å². The number of para-hydroxylation sites is 3. The topological polar surface area (TPSA) is 79.7 Å². The molecule has 0 saturated carbocycles. The Morgan fingerprint density at radius 2 is 1.76 bits per heavy atom. The summed E-state index contributed by atoms with van der Waals surface area (Å²) in [4.78, 5) is 29.4. The van der Waals surface area contributed by atoms with Crippen LogP contribution >= 0.6 is 11.6 Å². The molecule has 0 spiro atoms. The van der Waals surface area contributed by atoms with Crippen molar-refractivity contribution in [1.82, 2.24) is 14.7 Å². The highest BCUT2D eigenvalue weighted by molar-refractivity contribution is 6.33. The molecule has 0 radical (unpaired) electrons. The average Bonchev–Trinajstić information content (AvgIpc) is 2.83. The van der Waals surface area contributed by atoms with Crippen LogP contribution in [0.15, 0.2) is 65.6 Å². The summed E-state index contributed by atoms with van der Waals surface area (Å²) >= 11 is 6.43. The fourth-order valence-corrected chi connectivity index (χ4v) is 4.04. The van der Waals surface area contributed by atoms with Crippen molar-refractivity contribution >= 4 is 28.9 Å². The van der Waals surface area contributed by atoms with Crippen molar-refractivity contribution in [2.45, 2.75) is 6.92 Å². The molecule has 3 aromatic rings. The second-order valence-electron chi connectivity index (χ2n) is 7.64. The largest absolute Gasteiger partial charge is 0.492 e. The summed E-state index contributed by atoms with van der Waals surface area (Å²) < 4.78 is 6.87. The first-order chi connectivity index (χ1) is 16.1. The Morgan fingerprint density at radius 3 is 2.48 bits per heavy atom. The molecule has 33 heavy (non-hydrogen) atoms. The maximum atomic E-state index is 12.8. The zero-order chi connectivity index (χ0) is 23.2. The normalized spacial score (nSPS) is 14.2. The number of anilines is 2. The van der Waals surface area contributed by atoms with Crippen LogP contribution in [0.3, 0.4) is 0 Å². The van der Waals surface area contributed by atoms with E-state index in [0.717, 1.165) is 0 Å². The Kier molecular flexibility index (Phi) is 7.26. The van der Waals surface area contributed by atoms with Crippen molar-refractivity contribution in [3.8, 4) is 11.4 Å². The molecule has 172 valence electrons. The molecule has 0 bridgehead atoms. The van der Waals surface area contributed by atoms with Gasteiger partial charge in [0, 0.05) is 26.2 Å². The minimum absolute atomic E-state index is 0.0965. The number of hydrogen-bond donors (Lipinski definition) is 1. The molecular formula is C24H26ClN5O3. The Morgan fingerprint density at radius 1 is 1.06 bits per heavy atom. The fraction of sp³-hybridized carbons (Fsp3) is 0.292. The second kappa shape index (κ2) is 10.5.